The molecule has 2 fully saturated rings. The van der Waals surface area contributed by atoms with Crippen LogP contribution in [0.4, 0.5) is 11.8 Å². The molecule has 0 spiro atoms. The molecule has 21 heavy (non-hydrogen) atoms. The van der Waals surface area contributed by atoms with E-state index in [1.54, 1.807) is 0 Å². The van der Waals surface area contributed by atoms with E-state index in [2.05, 4.69) is 15.1 Å². The van der Waals surface area contributed by atoms with Gasteiger partial charge >= 0.3 is 0 Å². The van der Waals surface area contributed by atoms with Gasteiger partial charge in [-0.15, -0.1) is 0 Å². The summed E-state index contributed by atoms with van der Waals surface area (Å²) in [6.45, 7) is 6.53. The highest BCUT2D eigenvalue weighted by Crippen LogP contribution is 2.29. The highest BCUT2D eigenvalue weighted by molar-refractivity contribution is 5.54. The molecule has 5 heteroatoms. The number of nitrogens with zero attached hydrogens (tertiary/aromatic N) is 4. The quantitative estimate of drug-likeness (QED) is 0.897. The fourth-order valence-electron chi connectivity index (χ4n) is 3.74. The van der Waals surface area contributed by atoms with Gasteiger partial charge in [-0.05, 0) is 32.1 Å². The maximum absolute atomic E-state index is 4.99. The Morgan fingerprint density at radius 1 is 0.810 bits per heavy atom. The first-order valence-corrected chi connectivity index (χ1v) is 8.52. The van der Waals surface area contributed by atoms with Gasteiger partial charge in [0.1, 0.15) is 5.82 Å². The Bertz CT molecular complexity index is 504. The minimum atomic E-state index is 0.932. The topological polar surface area (TPSA) is 44.3 Å². The monoisotopic (exact) mass is 287 g/mol. The number of hydrogen-bond acceptors (Lipinski definition) is 5. The molecule has 2 saturated heterocycles. The zero-order valence-electron chi connectivity index (χ0n) is 12.8. The van der Waals surface area contributed by atoms with E-state index in [1.165, 1.54) is 49.2 Å². The molecule has 3 aliphatic rings. The first kappa shape index (κ1) is 13.3. The van der Waals surface area contributed by atoms with Gasteiger partial charge in [0, 0.05) is 51.3 Å². The molecule has 1 N–H and O–H groups in total. The molecule has 0 aromatic carbocycles. The van der Waals surface area contributed by atoms with Crippen molar-refractivity contribution in [3.8, 4) is 0 Å². The summed E-state index contributed by atoms with van der Waals surface area (Å²) >= 11 is 0. The Hall–Kier alpha value is -1.36. The van der Waals surface area contributed by atoms with Crippen LogP contribution in [0.15, 0.2) is 0 Å². The van der Waals surface area contributed by atoms with Crippen molar-refractivity contribution in [2.45, 2.75) is 45.1 Å². The van der Waals surface area contributed by atoms with Gasteiger partial charge < -0.3 is 15.1 Å². The molecule has 0 atom stereocenters. The smallest absolute Gasteiger partial charge is 0.227 e. The first-order valence-electron chi connectivity index (χ1n) is 8.52. The summed E-state index contributed by atoms with van der Waals surface area (Å²) < 4.78 is 0. The molecule has 0 saturated carbocycles. The fourth-order valence-corrected chi connectivity index (χ4v) is 3.74. The van der Waals surface area contributed by atoms with Gasteiger partial charge in [-0.1, -0.05) is 0 Å². The third kappa shape index (κ3) is 2.59. The van der Waals surface area contributed by atoms with Gasteiger partial charge in [0.05, 0.1) is 5.69 Å². The minimum absolute atomic E-state index is 0.932. The molecule has 4 rings (SSSR count). The van der Waals surface area contributed by atoms with Crippen molar-refractivity contribution >= 4 is 11.8 Å². The lowest BCUT2D eigenvalue weighted by atomic mass is 10.1. The number of nitrogens with one attached hydrogen (secondary N) is 1. The lowest BCUT2D eigenvalue weighted by Crippen LogP contribution is -2.35. The third-order valence-corrected chi connectivity index (χ3v) is 4.94. The van der Waals surface area contributed by atoms with Crippen molar-refractivity contribution in [3.63, 3.8) is 0 Å². The Morgan fingerprint density at radius 3 is 2.33 bits per heavy atom. The van der Waals surface area contributed by atoms with Crippen molar-refractivity contribution < 1.29 is 0 Å². The summed E-state index contributed by atoms with van der Waals surface area (Å²) in [7, 11) is 0. The summed E-state index contributed by atoms with van der Waals surface area (Å²) in [6, 6.07) is 0. The largest absolute Gasteiger partial charge is 0.356 e. The molecular weight excluding hydrogens is 262 g/mol. The molecular formula is C16H25N5. The normalized spacial score (nSPS) is 22.5. The van der Waals surface area contributed by atoms with Gasteiger partial charge in [-0.2, -0.15) is 4.98 Å². The van der Waals surface area contributed by atoms with Crippen LogP contribution < -0.4 is 15.1 Å². The number of rotatable bonds is 2. The van der Waals surface area contributed by atoms with E-state index in [0.29, 0.717) is 0 Å². The molecule has 1 aromatic heterocycles. The van der Waals surface area contributed by atoms with Crippen LogP contribution in [0.3, 0.4) is 0 Å². The van der Waals surface area contributed by atoms with Crippen LogP contribution in [0.25, 0.3) is 0 Å². The molecule has 0 amide bonds. The first-order chi connectivity index (χ1) is 10.4. The molecule has 114 valence electrons. The summed E-state index contributed by atoms with van der Waals surface area (Å²) in [5, 5.41) is 3.49. The Balaban J connectivity index is 1.72. The number of anilines is 2. The molecule has 0 unspecified atom stereocenters. The average molecular weight is 287 g/mol. The van der Waals surface area contributed by atoms with Gasteiger partial charge in [0.25, 0.3) is 0 Å². The van der Waals surface area contributed by atoms with Gasteiger partial charge in [0.15, 0.2) is 0 Å². The molecule has 0 bridgehead atoms. The predicted octanol–water partition coefficient (Wildman–Crippen LogP) is 1.71. The maximum atomic E-state index is 4.99. The Labute approximate surface area is 126 Å². The van der Waals surface area contributed by atoms with E-state index in [9.17, 15) is 0 Å². The zero-order valence-corrected chi connectivity index (χ0v) is 12.8. The van der Waals surface area contributed by atoms with Gasteiger partial charge in [0.2, 0.25) is 5.95 Å². The van der Waals surface area contributed by atoms with Crippen LogP contribution in [0, 0.1) is 0 Å². The van der Waals surface area contributed by atoms with Crippen LogP contribution >= 0.6 is 0 Å². The summed E-state index contributed by atoms with van der Waals surface area (Å²) in [5.41, 5.74) is 2.64. The molecule has 5 nitrogen and oxygen atoms in total. The van der Waals surface area contributed by atoms with Crippen molar-refractivity contribution in [2.24, 2.45) is 0 Å². The van der Waals surface area contributed by atoms with Crippen molar-refractivity contribution in [1.82, 2.24) is 15.3 Å². The molecule has 4 heterocycles. The summed E-state index contributed by atoms with van der Waals surface area (Å²) in [4.78, 5) is 14.8. The van der Waals surface area contributed by atoms with Crippen LogP contribution in [0.5, 0.6) is 0 Å². The SMILES string of the molecule is C1CCN(c2nc(N3CCCC3)nc3c2CNCC3)CC1. The number of aromatic nitrogens is 2. The molecule has 0 radical (unpaired) electrons. The Kier molecular flexibility index (Phi) is 3.67. The number of hydrogen-bond donors (Lipinski definition) is 1. The number of fused-ring (bicyclic) bond motifs is 1. The van der Waals surface area contributed by atoms with Crippen LogP contribution in [0.1, 0.15) is 43.4 Å². The molecule has 0 aliphatic carbocycles. The molecule has 1 aromatic rings. The van der Waals surface area contributed by atoms with Crippen molar-refractivity contribution in [1.29, 1.82) is 0 Å². The fraction of sp³-hybridized carbons (Fsp3) is 0.750. The second kappa shape index (κ2) is 5.79. The van der Waals surface area contributed by atoms with Gasteiger partial charge in [-0.3, -0.25) is 0 Å². The van der Waals surface area contributed by atoms with E-state index in [4.69, 9.17) is 9.97 Å². The van der Waals surface area contributed by atoms with Gasteiger partial charge in [-0.25, -0.2) is 4.98 Å². The lowest BCUT2D eigenvalue weighted by molar-refractivity contribution is 0.561. The Morgan fingerprint density at radius 2 is 1.52 bits per heavy atom. The van der Waals surface area contributed by atoms with Crippen LogP contribution in [-0.2, 0) is 13.0 Å². The lowest BCUT2D eigenvalue weighted by Gasteiger charge is -2.32. The number of piperidine rings is 1. The second-order valence-electron chi connectivity index (χ2n) is 6.44. The summed E-state index contributed by atoms with van der Waals surface area (Å²) in [6.07, 6.45) is 7.55. The molecule has 3 aliphatic heterocycles. The van der Waals surface area contributed by atoms with E-state index in [0.717, 1.165) is 51.6 Å². The maximum Gasteiger partial charge on any atom is 0.227 e. The zero-order chi connectivity index (χ0) is 14.1. The van der Waals surface area contributed by atoms with Crippen molar-refractivity contribution in [2.75, 3.05) is 42.5 Å². The summed E-state index contributed by atoms with van der Waals surface area (Å²) in [5.74, 6) is 2.20. The highest BCUT2D eigenvalue weighted by Gasteiger charge is 2.25. The van der Waals surface area contributed by atoms with Crippen molar-refractivity contribution in [3.05, 3.63) is 11.3 Å². The average Bonchev–Trinajstić information content (AvgIpc) is 3.09. The van der Waals surface area contributed by atoms with Crippen LogP contribution in [0.2, 0.25) is 0 Å². The second-order valence-corrected chi connectivity index (χ2v) is 6.44. The standard InChI is InChI=1S/C16H25N5/c1-2-8-20(9-3-1)15-13-12-17-7-6-14(13)18-16(19-15)21-10-4-5-11-21/h17H,1-12H2. The van der Waals surface area contributed by atoms with E-state index in [-0.39, 0.29) is 0 Å². The van der Waals surface area contributed by atoms with E-state index >= 15 is 0 Å². The third-order valence-electron chi connectivity index (χ3n) is 4.94. The predicted molar refractivity (Wildman–Crippen MR) is 85.0 cm³/mol. The highest BCUT2D eigenvalue weighted by atomic mass is 15.3. The van der Waals surface area contributed by atoms with E-state index < -0.39 is 0 Å². The minimum Gasteiger partial charge on any atom is -0.356 e. The van der Waals surface area contributed by atoms with E-state index in [1.807, 2.05) is 0 Å². The van der Waals surface area contributed by atoms with Crippen LogP contribution in [-0.4, -0.2) is 42.7 Å².